The summed E-state index contributed by atoms with van der Waals surface area (Å²) in [5, 5.41) is 3.33. The molecule has 0 aliphatic carbocycles. The fourth-order valence-corrected chi connectivity index (χ4v) is 1.56. The molecule has 0 amide bonds. The van der Waals surface area contributed by atoms with Crippen LogP contribution in [-0.2, 0) is 0 Å². The predicted octanol–water partition coefficient (Wildman–Crippen LogP) is 3.01. The van der Waals surface area contributed by atoms with Gasteiger partial charge in [0.25, 0.3) is 0 Å². The van der Waals surface area contributed by atoms with E-state index in [0.717, 1.165) is 29.1 Å². The Bertz CT molecular complexity index is 492. The van der Waals surface area contributed by atoms with Gasteiger partial charge in [-0.15, -0.1) is 0 Å². The Kier molecular flexibility index (Phi) is 3.04. The van der Waals surface area contributed by atoms with Crippen LogP contribution < -0.4 is 5.32 Å². The number of fused-ring (bicyclic) bond motifs is 1. The zero-order chi connectivity index (χ0) is 11.5. The molecule has 16 heavy (non-hydrogen) atoms. The van der Waals surface area contributed by atoms with Crippen molar-refractivity contribution in [2.75, 3.05) is 11.9 Å². The van der Waals surface area contributed by atoms with Crippen molar-refractivity contribution < 1.29 is 0 Å². The summed E-state index contributed by atoms with van der Waals surface area (Å²) in [6.45, 7) is 7.27. The minimum Gasteiger partial charge on any atom is -0.368 e. The number of anilines is 1. The summed E-state index contributed by atoms with van der Waals surface area (Å²) in [5.41, 5.74) is 2.86. The smallest absolute Gasteiger partial charge is 0.148 e. The van der Waals surface area contributed by atoms with Crippen LogP contribution in [0.25, 0.3) is 11.0 Å². The Balaban J connectivity index is 2.34. The predicted molar refractivity (Wildman–Crippen MR) is 67.6 cm³/mol. The normalized spacial score (nSPS) is 11.0. The minimum atomic E-state index is 0.604. The Hall–Kier alpha value is -1.64. The number of hydrogen-bond acceptors (Lipinski definition) is 3. The highest BCUT2D eigenvalue weighted by Gasteiger charge is 2.04. The molecule has 0 radical (unpaired) electrons. The van der Waals surface area contributed by atoms with Crippen LogP contribution in [0.3, 0.4) is 0 Å². The molecule has 84 valence electrons. The molecule has 0 aliphatic heterocycles. The van der Waals surface area contributed by atoms with Gasteiger partial charge in [0.05, 0.1) is 16.7 Å². The topological polar surface area (TPSA) is 37.8 Å². The van der Waals surface area contributed by atoms with E-state index in [4.69, 9.17) is 0 Å². The molecule has 2 aromatic rings. The summed E-state index contributed by atoms with van der Waals surface area (Å²) in [6.07, 6.45) is 0. The molecule has 0 saturated carbocycles. The summed E-state index contributed by atoms with van der Waals surface area (Å²) >= 11 is 0. The lowest BCUT2D eigenvalue weighted by molar-refractivity contribution is 0.686. The summed E-state index contributed by atoms with van der Waals surface area (Å²) < 4.78 is 0. The minimum absolute atomic E-state index is 0.604. The maximum absolute atomic E-state index is 4.57. The van der Waals surface area contributed by atoms with Crippen LogP contribution in [0.2, 0.25) is 0 Å². The van der Waals surface area contributed by atoms with Gasteiger partial charge in [-0.25, -0.2) is 9.97 Å². The van der Waals surface area contributed by atoms with Gasteiger partial charge in [0, 0.05) is 6.54 Å². The van der Waals surface area contributed by atoms with Gasteiger partial charge in [0.1, 0.15) is 5.82 Å². The quantitative estimate of drug-likeness (QED) is 0.855. The highest BCUT2D eigenvalue weighted by Crippen LogP contribution is 2.15. The Morgan fingerprint density at radius 1 is 1.12 bits per heavy atom. The van der Waals surface area contributed by atoms with E-state index < -0.39 is 0 Å². The van der Waals surface area contributed by atoms with Crippen LogP contribution in [0.15, 0.2) is 24.3 Å². The highest BCUT2D eigenvalue weighted by molar-refractivity contribution is 5.76. The monoisotopic (exact) mass is 215 g/mol. The van der Waals surface area contributed by atoms with E-state index in [1.165, 1.54) is 0 Å². The van der Waals surface area contributed by atoms with Crippen LogP contribution in [0.1, 0.15) is 19.5 Å². The SMILES string of the molecule is Cc1nc2ccccc2nc1NCC(C)C. The summed E-state index contributed by atoms with van der Waals surface area (Å²) in [4.78, 5) is 9.10. The number of rotatable bonds is 3. The molecular formula is C13H17N3. The van der Waals surface area contributed by atoms with Crippen molar-refractivity contribution >= 4 is 16.9 Å². The van der Waals surface area contributed by atoms with Gasteiger partial charge >= 0.3 is 0 Å². The Morgan fingerprint density at radius 2 is 1.75 bits per heavy atom. The van der Waals surface area contributed by atoms with Gasteiger partial charge < -0.3 is 5.32 Å². The first kappa shape index (κ1) is 10.9. The van der Waals surface area contributed by atoms with E-state index in [2.05, 4.69) is 29.1 Å². The van der Waals surface area contributed by atoms with Crippen molar-refractivity contribution in [1.29, 1.82) is 0 Å². The first-order chi connectivity index (χ1) is 7.66. The molecule has 0 spiro atoms. The van der Waals surface area contributed by atoms with Crippen LogP contribution in [0.4, 0.5) is 5.82 Å². The van der Waals surface area contributed by atoms with E-state index >= 15 is 0 Å². The Labute approximate surface area is 95.9 Å². The summed E-state index contributed by atoms with van der Waals surface area (Å²) in [5.74, 6) is 1.50. The number of benzene rings is 1. The lowest BCUT2D eigenvalue weighted by Gasteiger charge is -2.10. The molecular weight excluding hydrogens is 198 g/mol. The second kappa shape index (κ2) is 4.47. The number of nitrogens with one attached hydrogen (secondary N) is 1. The van der Waals surface area contributed by atoms with Crippen molar-refractivity contribution in [3.05, 3.63) is 30.0 Å². The number of hydrogen-bond donors (Lipinski definition) is 1. The average molecular weight is 215 g/mol. The van der Waals surface area contributed by atoms with Crippen molar-refractivity contribution in [2.45, 2.75) is 20.8 Å². The molecule has 0 bridgehead atoms. The molecule has 3 nitrogen and oxygen atoms in total. The molecule has 0 fully saturated rings. The molecule has 0 aliphatic rings. The van der Waals surface area contributed by atoms with Gasteiger partial charge in [-0.1, -0.05) is 26.0 Å². The van der Waals surface area contributed by atoms with Crippen LogP contribution in [-0.4, -0.2) is 16.5 Å². The van der Waals surface area contributed by atoms with E-state index in [-0.39, 0.29) is 0 Å². The van der Waals surface area contributed by atoms with Crippen LogP contribution in [0.5, 0.6) is 0 Å². The van der Waals surface area contributed by atoms with Gasteiger partial charge in [-0.05, 0) is 25.0 Å². The third kappa shape index (κ3) is 2.30. The zero-order valence-electron chi connectivity index (χ0n) is 9.99. The van der Waals surface area contributed by atoms with E-state index in [9.17, 15) is 0 Å². The number of aryl methyl sites for hydroxylation is 1. The largest absolute Gasteiger partial charge is 0.368 e. The van der Waals surface area contributed by atoms with Crippen molar-refractivity contribution in [1.82, 2.24) is 9.97 Å². The molecule has 1 N–H and O–H groups in total. The number of aromatic nitrogens is 2. The molecule has 3 heteroatoms. The fraction of sp³-hybridized carbons (Fsp3) is 0.385. The fourth-order valence-electron chi connectivity index (χ4n) is 1.56. The molecule has 2 rings (SSSR count). The summed E-state index contributed by atoms with van der Waals surface area (Å²) in [6, 6.07) is 7.94. The second-order valence-electron chi connectivity index (χ2n) is 4.42. The van der Waals surface area contributed by atoms with E-state index in [1.807, 2.05) is 31.2 Å². The van der Waals surface area contributed by atoms with Gasteiger partial charge in [0.15, 0.2) is 0 Å². The van der Waals surface area contributed by atoms with Crippen LogP contribution in [0, 0.1) is 12.8 Å². The maximum Gasteiger partial charge on any atom is 0.148 e. The van der Waals surface area contributed by atoms with Gasteiger partial charge in [0.2, 0.25) is 0 Å². The first-order valence-corrected chi connectivity index (χ1v) is 5.64. The third-order valence-electron chi connectivity index (χ3n) is 2.42. The lowest BCUT2D eigenvalue weighted by Crippen LogP contribution is -2.11. The van der Waals surface area contributed by atoms with E-state index in [1.54, 1.807) is 0 Å². The zero-order valence-corrected chi connectivity index (χ0v) is 9.99. The van der Waals surface area contributed by atoms with Crippen molar-refractivity contribution in [3.8, 4) is 0 Å². The number of para-hydroxylation sites is 2. The Morgan fingerprint density at radius 3 is 2.38 bits per heavy atom. The van der Waals surface area contributed by atoms with E-state index in [0.29, 0.717) is 5.92 Å². The molecule has 1 aromatic carbocycles. The lowest BCUT2D eigenvalue weighted by atomic mass is 10.2. The van der Waals surface area contributed by atoms with Crippen LogP contribution >= 0.6 is 0 Å². The standard InChI is InChI=1S/C13H17N3/c1-9(2)8-14-13-10(3)15-11-6-4-5-7-12(11)16-13/h4-7,9H,8H2,1-3H3,(H,14,16). The molecule has 0 saturated heterocycles. The molecule has 1 heterocycles. The third-order valence-corrected chi connectivity index (χ3v) is 2.42. The summed E-state index contributed by atoms with van der Waals surface area (Å²) in [7, 11) is 0. The highest BCUT2D eigenvalue weighted by atomic mass is 15.0. The number of nitrogens with zero attached hydrogens (tertiary/aromatic N) is 2. The second-order valence-corrected chi connectivity index (χ2v) is 4.42. The molecule has 0 atom stereocenters. The average Bonchev–Trinajstić information content (AvgIpc) is 2.26. The van der Waals surface area contributed by atoms with Crippen molar-refractivity contribution in [3.63, 3.8) is 0 Å². The van der Waals surface area contributed by atoms with Gasteiger partial charge in [-0.2, -0.15) is 0 Å². The van der Waals surface area contributed by atoms with Crippen molar-refractivity contribution in [2.24, 2.45) is 5.92 Å². The first-order valence-electron chi connectivity index (χ1n) is 5.64. The molecule has 1 aromatic heterocycles. The van der Waals surface area contributed by atoms with Gasteiger partial charge in [-0.3, -0.25) is 0 Å². The maximum atomic E-state index is 4.57. The molecule has 0 unspecified atom stereocenters.